The lowest BCUT2D eigenvalue weighted by Crippen LogP contribution is -2.43. The van der Waals surface area contributed by atoms with E-state index in [1.807, 2.05) is 18.2 Å². The third-order valence-electron chi connectivity index (χ3n) is 3.82. The topological polar surface area (TPSA) is 41.6 Å². The van der Waals surface area contributed by atoms with E-state index in [0.29, 0.717) is 5.96 Å². The summed E-state index contributed by atoms with van der Waals surface area (Å²) in [5.41, 5.74) is 7.26. The van der Waals surface area contributed by atoms with Gasteiger partial charge in [0.25, 0.3) is 0 Å². The molecule has 0 bridgehead atoms. The number of piperidine rings is 1. The van der Waals surface area contributed by atoms with Crippen molar-refractivity contribution >= 4 is 17.6 Å². The van der Waals surface area contributed by atoms with Crippen molar-refractivity contribution < 1.29 is 0 Å². The van der Waals surface area contributed by atoms with Crippen LogP contribution in [-0.4, -0.2) is 30.5 Å². The Morgan fingerprint density at radius 2 is 2.25 bits per heavy atom. The molecule has 0 aliphatic carbocycles. The lowest BCUT2D eigenvalue weighted by Gasteiger charge is -2.31. The maximum Gasteiger partial charge on any atom is 0.191 e. The minimum Gasteiger partial charge on any atom is -0.370 e. The van der Waals surface area contributed by atoms with E-state index in [0.717, 1.165) is 43.4 Å². The predicted molar refractivity (Wildman–Crippen MR) is 86.2 cm³/mol. The number of hydrogen-bond donors (Lipinski definition) is 1. The Kier molecular flexibility index (Phi) is 5.72. The van der Waals surface area contributed by atoms with E-state index in [-0.39, 0.29) is 0 Å². The number of nitrogens with two attached hydrogens (primary N) is 1. The van der Waals surface area contributed by atoms with E-state index in [1.165, 1.54) is 18.4 Å². The van der Waals surface area contributed by atoms with Crippen LogP contribution in [-0.2, 0) is 6.42 Å². The largest absolute Gasteiger partial charge is 0.370 e. The van der Waals surface area contributed by atoms with Gasteiger partial charge in [0.1, 0.15) is 0 Å². The zero-order chi connectivity index (χ0) is 14.4. The summed E-state index contributed by atoms with van der Waals surface area (Å²) in [7, 11) is 0. The average molecular weight is 294 g/mol. The summed E-state index contributed by atoms with van der Waals surface area (Å²) in [6.07, 6.45) is 4.45. The first kappa shape index (κ1) is 15.2. The number of rotatable bonds is 4. The van der Waals surface area contributed by atoms with Crippen molar-refractivity contribution in [2.45, 2.75) is 32.6 Å². The molecule has 1 fully saturated rings. The highest BCUT2D eigenvalue weighted by atomic mass is 35.5. The molecule has 20 heavy (non-hydrogen) atoms. The van der Waals surface area contributed by atoms with E-state index in [4.69, 9.17) is 17.3 Å². The van der Waals surface area contributed by atoms with Crippen molar-refractivity contribution in [1.82, 2.24) is 4.90 Å². The molecule has 0 amide bonds. The Balaban J connectivity index is 1.77. The zero-order valence-corrected chi connectivity index (χ0v) is 12.9. The van der Waals surface area contributed by atoms with Crippen molar-refractivity contribution in [3.8, 4) is 0 Å². The summed E-state index contributed by atoms with van der Waals surface area (Å²) in [4.78, 5) is 6.72. The first-order valence-corrected chi connectivity index (χ1v) is 7.83. The zero-order valence-electron chi connectivity index (χ0n) is 12.2. The molecule has 1 atom stereocenters. The number of nitrogens with zero attached hydrogens (tertiary/aromatic N) is 2. The van der Waals surface area contributed by atoms with Crippen molar-refractivity contribution in [3.05, 3.63) is 34.9 Å². The highest BCUT2D eigenvalue weighted by Gasteiger charge is 2.17. The SMILES string of the molecule is CC1CCCN(C(N)=NCCCc2ccccc2Cl)C1. The van der Waals surface area contributed by atoms with Crippen LogP contribution in [0.5, 0.6) is 0 Å². The third kappa shape index (κ3) is 4.41. The smallest absolute Gasteiger partial charge is 0.191 e. The van der Waals surface area contributed by atoms with E-state index in [2.05, 4.69) is 22.9 Å². The van der Waals surface area contributed by atoms with Gasteiger partial charge in [-0.2, -0.15) is 0 Å². The Labute approximate surface area is 126 Å². The molecule has 1 aromatic carbocycles. The van der Waals surface area contributed by atoms with Crippen LogP contribution >= 0.6 is 11.6 Å². The van der Waals surface area contributed by atoms with Crippen LogP contribution in [0.25, 0.3) is 0 Å². The molecule has 1 saturated heterocycles. The number of hydrogen-bond acceptors (Lipinski definition) is 1. The van der Waals surface area contributed by atoms with Crippen LogP contribution < -0.4 is 5.73 Å². The van der Waals surface area contributed by atoms with Gasteiger partial charge in [-0.3, -0.25) is 4.99 Å². The summed E-state index contributed by atoms with van der Waals surface area (Å²) in [6.45, 7) is 5.13. The van der Waals surface area contributed by atoms with Gasteiger partial charge < -0.3 is 10.6 Å². The number of guanidine groups is 1. The minimum atomic E-state index is 0.704. The molecular weight excluding hydrogens is 270 g/mol. The highest BCUT2D eigenvalue weighted by Crippen LogP contribution is 2.17. The van der Waals surface area contributed by atoms with Gasteiger partial charge in [-0.05, 0) is 43.2 Å². The molecule has 1 unspecified atom stereocenters. The van der Waals surface area contributed by atoms with Gasteiger partial charge in [-0.15, -0.1) is 0 Å². The Morgan fingerprint density at radius 1 is 1.45 bits per heavy atom. The first-order chi connectivity index (χ1) is 9.66. The van der Waals surface area contributed by atoms with Gasteiger partial charge in [0, 0.05) is 24.7 Å². The van der Waals surface area contributed by atoms with E-state index >= 15 is 0 Å². The van der Waals surface area contributed by atoms with Gasteiger partial charge in [0.15, 0.2) is 5.96 Å². The number of aliphatic imine (C=N–C) groups is 1. The fourth-order valence-corrected chi connectivity index (χ4v) is 2.89. The lowest BCUT2D eigenvalue weighted by atomic mass is 10.0. The van der Waals surface area contributed by atoms with E-state index in [9.17, 15) is 0 Å². The normalized spacial score (nSPS) is 20.2. The van der Waals surface area contributed by atoms with Crippen LogP contribution in [0.4, 0.5) is 0 Å². The Morgan fingerprint density at radius 3 is 3.00 bits per heavy atom. The molecular formula is C16H24ClN3. The molecule has 0 saturated carbocycles. The molecule has 0 aromatic heterocycles. The van der Waals surface area contributed by atoms with Crippen LogP contribution in [0.1, 0.15) is 31.7 Å². The predicted octanol–water partition coefficient (Wildman–Crippen LogP) is 3.32. The maximum absolute atomic E-state index is 6.13. The van der Waals surface area contributed by atoms with Crippen LogP contribution in [0.15, 0.2) is 29.3 Å². The Bertz CT molecular complexity index is 459. The van der Waals surface area contributed by atoms with E-state index in [1.54, 1.807) is 0 Å². The second kappa shape index (κ2) is 7.53. The van der Waals surface area contributed by atoms with Gasteiger partial charge >= 0.3 is 0 Å². The van der Waals surface area contributed by atoms with Crippen molar-refractivity contribution in [2.24, 2.45) is 16.6 Å². The fraction of sp³-hybridized carbons (Fsp3) is 0.562. The second-order valence-electron chi connectivity index (χ2n) is 5.63. The molecule has 0 radical (unpaired) electrons. The molecule has 4 heteroatoms. The van der Waals surface area contributed by atoms with E-state index < -0.39 is 0 Å². The summed E-state index contributed by atoms with van der Waals surface area (Å²) in [5.74, 6) is 1.43. The molecule has 1 aliphatic rings. The molecule has 110 valence electrons. The Hall–Kier alpha value is -1.22. The van der Waals surface area contributed by atoms with Crippen molar-refractivity contribution in [2.75, 3.05) is 19.6 Å². The van der Waals surface area contributed by atoms with Crippen molar-refractivity contribution in [1.29, 1.82) is 0 Å². The summed E-state index contributed by atoms with van der Waals surface area (Å²) >= 11 is 6.13. The average Bonchev–Trinajstić information content (AvgIpc) is 2.45. The highest BCUT2D eigenvalue weighted by molar-refractivity contribution is 6.31. The molecule has 3 nitrogen and oxygen atoms in total. The van der Waals surface area contributed by atoms with Gasteiger partial charge in [-0.1, -0.05) is 36.7 Å². The molecule has 2 rings (SSSR count). The molecule has 2 N–H and O–H groups in total. The van der Waals surface area contributed by atoms with Gasteiger partial charge in [-0.25, -0.2) is 0 Å². The first-order valence-electron chi connectivity index (χ1n) is 7.45. The summed E-state index contributed by atoms with van der Waals surface area (Å²) < 4.78 is 0. The molecule has 1 aliphatic heterocycles. The monoisotopic (exact) mass is 293 g/mol. The molecule has 1 heterocycles. The summed E-state index contributed by atoms with van der Waals surface area (Å²) in [5, 5.41) is 0.842. The number of aryl methyl sites for hydroxylation is 1. The number of halogens is 1. The van der Waals surface area contributed by atoms with Gasteiger partial charge in [0.2, 0.25) is 0 Å². The minimum absolute atomic E-state index is 0.704. The number of benzene rings is 1. The van der Waals surface area contributed by atoms with Crippen LogP contribution in [0.3, 0.4) is 0 Å². The van der Waals surface area contributed by atoms with Crippen molar-refractivity contribution in [3.63, 3.8) is 0 Å². The standard InChI is InChI=1S/C16H24ClN3/c1-13-6-5-11-20(12-13)16(18)19-10-4-8-14-7-2-3-9-15(14)17/h2-3,7,9,13H,4-6,8,10-12H2,1H3,(H2,18,19). The summed E-state index contributed by atoms with van der Waals surface area (Å²) in [6, 6.07) is 7.98. The van der Waals surface area contributed by atoms with Crippen LogP contribution in [0.2, 0.25) is 5.02 Å². The molecule has 0 spiro atoms. The van der Waals surface area contributed by atoms with Crippen LogP contribution in [0, 0.1) is 5.92 Å². The molecule has 1 aromatic rings. The van der Waals surface area contributed by atoms with Gasteiger partial charge in [0.05, 0.1) is 0 Å². The number of likely N-dealkylation sites (tertiary alicyclic amines) is 1. The third-order valence-corrected chi connectivity index (χ3v) is 4.19. The maximum atomic E-state index is 6.13. The second-order valence-corrected chi connectivity index (χ2v) is 6.04. The fourth-order valence-electron chi connectivity index (χ4n) is 2.66. The lowest BCUT2D eigenvalue weighted by molar-refractivity contribution is 0.270. The quantitative estimate of drug-likeness (QED) is 0.526.